The summed E-state index contributed by atoms with van der Waals surface area (Å²) >= 11 is 0. The maximum atomic E-state index is 6.44. The minimum absolute atomic E-state index is 0.202. The third-order valence-electron chi connectivity index (χ3n) is 3.85. The molecule has 1 aromatic rings. The van der Waals surface area contributed by atoms with Crippen LogP contribution < -0.4 is 15.2 Å². The first kappa shape index (κ1) is 12.2. The van der Waals surface area contributed by atoms with Gasteiger partial charge in [-0.25, -0.2) is 0 Å². The van der Waals surface area contributed by atoms with Gasteiger partial charge in [0.05, 0.1) is 14.2 Å². The molecule has 0 radical (unpaired) electrons. The van der Waals surface area contributed by atoms with E-state index in [1.165, 1.54) is 6.42 Å². The molecule has 0 amide bonds. The van der Waals surface area contributed by atoms with Crippen molar-refractivity contribution >= 4 is 0 Å². The van der Waals surface area contributed by atoms with Gasteiger partial charge in [0.1, 0.15) is 11.5 Å². The van der Waals surface area contributed by atoms with Crippen LogP contribution in [0, 0.1) is 13.8 Å². The van der Waals surface area contributed by atoms with Crippen molar-refractivity contribution in [1.82, 2.24) is 0 Å². The second-order valence-electron chi connectivity index (χ2n) is 4.94. The summed E-state index contributed by atoms with van der Waals surface area (Å²) in [6, 6.07) is 2.06. The van der Waals surface area contributed by atoms with Crippen molar-refractivity contribution in [2.75, 3.05) is 14.2 Å². The second kappa shape index (κ2) is 4.22. The Morgan fingerprint density at radius 1 is 1.18 bits per heavy atom. The van der Waals surface area contributed by atoms with Crippen LogP contribution in [0.25, 0.3) is 0 Å². The average molecular weight is 235 g/mol. The van der Waals surface area contributed by atoms with Gasteiger partial charge in [-0.2, -0.15) is 0 Å². The monoisotopic (exact) mass is 235 g/mol. The third kappa shape index (κ3) is 1.78. The van der Waals surface area contributed by atoms with Crippen LogP contribution in [-0.4, -0.2) is 14.2 Å². The Hall–Kier alpha value is -1.22. The zero-order valence-corrected chi connectivity index (χ0v) is 11.1. The molecule has 0 unspecified atom stereocenters. The van der Waals surface area contributed by atoms with E-state index in [9.17, 15) is 0 Å². The minimum Gasteiger partial charge on any atom is -0.496 e. The number of rotatable bonds is 3. The van der Waals surface area contributed by atoms with Crippen LogP contribution in [0.3, 0.4) is 0 Å². The average Bonchev–Trinajstić information content (AvgIpc) is 2.28. The molecule has 17 heavy (non-hydrogen) atoms. The smallest absolute Gasteiger partial charge is 0.130 e. The summed E-state index contributed by atoms with van der Waals surface area (Å²) in [6.07, 6.45) is 3.27. The van der Waals surface area contributed by atoms with E-state index in [0.717, 1.165) is 41.0 Å². The Morgan fingerprint density at radius 3 is 2.24 bits per heavy atom. The molecule has 0 heterocycles. The van der Waals surface area contributed by atoms with Gasteiger partial charge in [0.25, 0.3) is 0 Å². The van der Waals surface area contributed by atoms with Gasteiger partial charge in [0, 0.05) is 16.7 Å². The zero-order chi connectivity index (χ0) is 12.6. The molecule has 2 rings (SSSR count). The van der Waals surface area contributed by atoms with Crippen LogP contribution in [0.15, 0.2) is 6.07 Å². The van der Waals surface area contributed by atoms with Crippen molar-refractivity contribution in [2.45, 2.75) is 38.6 Å². The molecule has 1 fully saturated rings. The van der Waals surface area contributed by atoms with E-state index >= 15 is 0 Å². The molecule has 1 aromatic carbocycles. The standard InChI is InChI=1S/C14H21NO2/c1-9-8-11(16-3)10(2)13(17-4)12(9)14(15)6-5-7-14/h8H,5-7,15H2,1-4H3. The largest absolute Gasteiger partial charge is 0.496 e. The summed E-state index contributed by atoms with van der Waals surface area (Å²) in [5.41, 5.74) is 9.59. The summed E-state index contributed by atoms with van der Waals surface area (Å²) in [4.78, 5) is 0. The molecule has 94 valence electrons. The van der Waals surface area contributed by atoms with Crippen molar-refractivity contribution in [1.29, 1.82) is 0 Å². The number of aryl methyl sites for hydroxylation is 1. The molecule has 1 saturated carbocycles. The highest BCUT2D eigenvalue weighted by molar-refractivity contribution is 5.56. The molecule has 1 aliphatic rings. The van der Waals surface area contributed by atoms with E-state index in [4.69, 9.17) is 15.2 Å². The highest BCUT2D eigenvalue weighted by Crippen LogP contribution is 2.47. The molecular weight excluding hydrogens is 214 g/mol. The predicted molar refractivity (Wildman–Crippen MR) is 68.7 cm³/mol. The van der Waals surface area contributed by atoms with Crippen LogP contribution in [0.4, 0.5) is 0 Å². The van der Waals surface area contributed by atoms with E-state index in [2.05, 4.69) is 13.0 Å². The van der Waals surface area contributed by atoms with E-state index in [1.807, 2.05) is 6.92 Å². The van der Waals surface area contributed by atoms with Crippen LogP contribution >= 0.6 is 0 Å². The highest BCUT2D eigenvalue weighted by Gasteiger charge is 2.38. The van der Waals surface area contributed by atoms with Gasteiger partial charge < -0.3 is 15.2 Å². The van der Waals surface area contributed by atoms with Crippen LogP contribution in [0.2, 0.25) is 0 Å². The van der Waals surface area contributed by atoms with Crippen LogP contribution in [-0.2, 0) is 5.54 Å². The van der Waals surface area contributed by atoms with Gasteiger partial charge in [0.15, 0.2) is 0 Å². The SMILES string of the molecule is COc1cc(C)c(C2(N)CCC2)c(OC)c1C. The Kier molecular flexibility index (Phi) is 3.04. The Labute approximate surface area is 103 Å². The normalized spacial score (nSPS) is 17.5. The summed E-state index contributed by atoms with van der Waals surface area (Å²) < 4.78 is 10.9. The number of hydrogen-bond donors (Lipinski definition) is 1. The van der Waals surface area contributed by atoms with E-state index in [-0.39, 0.29) is 5.54 Å². The van der Waals surface area contributed by atoms with E-state index < -0.39 is 0 Å². The quantitative estimate of drug-likeness (QED) is 0.876. The van der Waals surface area contributed by atoms with E-state index in [0.29, 0.717) is 0 Å². The lowest BCUT2D eigenvalue weighted by Gasteiger charge is -2.41. The molecule has 0 atom stereocenters. The lowest BCUT2D eigenvalue weighted by atomic mass is 9.70. The molecule has 0 spiro atoms. The fourth-order valence-electron chi connectivity index (χ4n) is 2.75. The van der Waals surface area contributed by atoms with Crippen molar-refractivity contribution < 1.29 is 9.47 Å². The van der Waals surface area contributed by atoms with E-state index in [1.54, 1.807) is 14.2 Å². The molecule has 0 saturated heterocycles. The Bertz CT molecular complexity index is 436. The lowest BCUT2D eigenvalue weighted by molar-refractivity contribution is 0.241. The van der Waals surface area contributed by atoms with Crippen LogP contribution in [0.1, 0.15) is 36.0 Å². The van der Waals surface area contributed by atoms with Crippen molar-refractivity contribution in [3.63, 3.8) is 0 Å². The first-order valence-electron chi connectivity index (χ1n) is 6.05. The summed E-state index contributed by atoms with van der Waals surface area (Å²) in [5, 5.41) is 0. The van der Waals surface area contributed by atoms with Crippen molar-refractivity contribution in [3.05, 3.63) is 22.8 Å². The van der Waals surface area contributed by atoms with Gasteiger partial charge >= 0.3 is 0 Å². The summed E-state index contributed by atoms with van der Waals surface area (Å²) in [7, 11) is 3.38. The Balaban J connectivity index is 2.62. The van der Waals surface area contributed by atoms with Gasteiger partial charge in [0.2, 0.25) is 0 Å². The number of ether oxygens (including phenoxy) is 2. The molecule has 0 aromatic heterocycles. The number of hydrogen-bond acceptors (Lipinski definition) is 3. The van der Waals surface area contributed by atoms with Crippen LogP contribution in [0.5, 0.6) is 11.5 Å². The fraction of sp³-hybridized carbons (Fsp3) is 0.571. The summed E-state index contributed by atoms with van der Waals surface area (Å²) in [5.74, 6) is 1.76. The van der Waals surface area contributed by atoms with Crippen molar-refractivity contribution in [3.8, 4) is 11.5 Å². The maximum absolute atomic E-state index is 6.44. The third-order valence-corrected chi connectivity index (χ3v) is 3.85. The minimum atomic E-state index is -0.202. The zero-order valence-electron chi connectivity index (χ0n) is 11.1. The molecule has 3 nitrogen and oxygen atoms in total. The van der Waals surface area contributed by atoms with Gasteiger partial charge in [-0.15, -0.1) is 0 Å². The van der Waals surface area contributed by atoms with Gasteiger partial charge in [-0.05, 0) is 44.7 Å². The molecule has 3 heteroatoms. The van der Waals surface area contributed by atoms with Crippen molar-refractivity contribution in [2.24, 2.45) is 5.73 Å². The molecule has 0 bridgehead atoms. The lowest BCUT2D eigenvalue weighted by Crippen LogP contribution is -2.44. The van der Waals surface area contributed by atoms with Gasteiger partial charge in [-0.3, -0.25) is 0 Å². The first-order chi connectivity index (χ1) is 8.03. The molecule has 0 aliphatic heterocycles. The summed E-state index contributed by atoms with van der Waals surface area (Å²) in [6.45, 7) is 4.09. The maximum Gasteiger partial charge on any atom is 0.130 e. The topological polar surface area (TPSA) is 44.5 Å². The number of nitrogens with two attached hydrogens (primary N) is 1. The fourth-order valence-corrected chi connectivity index (χ4v) is 2.75. The van der Waals surface area contributed by atoms with Gasteiger partial charge in [-0.1, -0.05) is 0 Å². The molecular formula is C14H21NO2. The highest BCUT2D eigenvalue weighted by atomic mass is 16.5. The number of methoxy groups -OCH3 is 2. The predicted octanol–water partition coefficient (Wildman–Crippen LogP) is 2.66. The number of benzene rings is 1. The second-order valence-corrected chi connectivity index (χ2v) is 4.94. The first-order valence-corrected chi connectivity index (χ1v) is 6.05. The molecule has 2 N–H and O–H groups in total. The molecule has 1 aliphatic carbocycles. The Morgan fingerprint density at radius 2 is 1.82 bits per heavy atom.